The zero-order valence-corrected chi connectivity index (χ0v) is 16.9. The summed E-state index contributed by atoms with van der Waals surface area (Å²) in [6.45, 7) is 3.23. The van der Waals surface area contributed by atoms with Crippen molar-refractivity contribution in [2.45, 2.75) is 25.8 Å². The van der Waals surface area contributed by atoms with Crippen LogP contribution in [-0.2, 0) is 11.2 Å². The summed E-state index contributed by atoms with van der Waals surface area (Å²) < 4.78 is 0. The highest BCUT2D eigenvalue weighted by atomic mass is 16.2. The monoisotopic (exact) mass is 404 g/mol. The molecule has 1 N–H and O–H groups in total. The summed E-state index contributed by atoms with van der Waals surface area (Å²) in [4.78, 5) is 38.2. The normalized spacial score (nSPS) is 16.9. The van der Waals surface area contributed by atoms with E-state index in [1.54, 1.807) is 29.4 Å². The molecule has 0 bridgehead atoms. The lowest BCUT2D eigenvalue weighted by Crippen LogP contribution is -2.39. The third kappa shape index (κ3) is 4.37. The van der Waals surface area contributed by atoms with Crippen molar-refractivity contribution >= 4 is 11.8 Å². The second kappa shape index (κ2) is 8.86. The second-order valence-corrected chi connectivity index (χ2v) is 7.37. The van der Waals surface area contributed by atoms with E-state index >= 15 is 0 Å². The summed E-state index contributed by atoms with van der Waals surface area (Å²) in [6.07, 6.45) is 4.09. The van der Waals surface area contributed by atoms with Gasteiger partial charge in [0.15, 0.2) is 5.82 Å². The minimum absolute atomic E-state index is 0.00401. The second-order valence-electron chi connectivity index (χ2n) is 7.37. The first kappa shape index (κ1) is 19.8. The molecule has 1 aromatic carbocycles. The molecule has 1 fully saturated rings. The highest BCUT2D eigenvalue weighted by Gasteiger charge is 2.33. The molecule has 1 saturated heterocycles. The maximum Gasteiger partial charge on any atom is 0.255 e. The molecule has 2 aromatic heterocycles. The van der Waals surface area contributed by atoms with Crippen LogP contribution in [0.4, 0.5) is 0 Å². The number of aromatic nitrogens is 4. The van der Waals surface area contributed by atoms with Crippen molar-refractivity contribution in [3.63, 3.8) is 0 Å². The largest absolute Gasteiger partial charge is 0.337 e. The third-order valence-electron chi connectivity index (χ3n) is 5.29. The van der Waals surface area contributed by atoms with Gasteiger partial charge in [-0.2, -0.15) is 5.10 Å². The fraction of sp³-hybridized carbons (Fsp3) is 0.318. The Balaban J connectivity index is 1.56. The summed E-state index contributed by atoms with van der Waals surface area (Å²) in [5, 5.41) is 7.17. The lowest BCUT2D eigenvalue weighted by molar-refractivity contribution is -0.133. The Morgan fingerprint density at radius 2 is 1.93 bits per heavy atom. The van der Waals surface area contributed by atoms with E-state index in [1.165, 1.54) is 0 Å². The Labute approximate surface area is 175 Å². The van der Waals surface area contributed by atoms with Crippen LogP contribution in [-0.4, -0.2) is 61.4 Å². The number of nitrogens with one attached hydrogen (secondary N) is 1. The lowest BCUT2D eigenvalue weighted by atomic mass is 10.1. The van der Waals surface area contributed by atoms with Gasteiger partial charge < -0.3 is 9.80 Å². The quantitative estimate of drug-likeness (QED) is 0.719. The molecule has 0 unspecified atom stereocenters. The van der Waals surface area contributed by atoms with Gasteiger partial charge in [0.1, 0.15) is 5.82 Å². The molecule has 4 rings (SSSR count). The van der Waals surface area contributed by atoms with Crippen LogP contribution in [0.25, 0.3) is 0 Å². The summed E-state index contributed by atoms with van der Waals surface area (Å²) >= 11 is 0. The van der Waals surface area contributed by atoms with E-state index in [0.717, 1.165) is 5.56 Å². The van der Waals surface area contributed by atoms with Crippen molar-refractivity contribution in [3.05, 3.63) is 77.6 Å². The molecule has 30 heavy (non-hydrogen) atoms. The minimum atomic E-state index is -0.280. The van der Waals surface area contributed by atoms with Crippen LogP contribution in [0.3, 0.4) is 0 Å². The zero-order chi connectivity index (χ0) is 20.9. The number of hydrogen-bond donors (Lipinski definition) is 1. The van der Waals surface area contributed by atoms with Gasteiger partial charge in [0.25, 0.3) is 5.91 Å². The van der Waals surface area contributed by atoms with E-state index < -0.39 is 0 Å². The van der Waals surface area contributed by atoms with Crippen molar-refractivity contribution in [1.29, 1.82) is 0 Å². The van der Waals surface area contributed by atoms with Gasteiger partial charge in [0.2, 0.25) is 5.91 Å². The van der Waals surface area contributed by atoms with E-state index in [-0.39, 0.29) is 17.9 Å². The predicted octanol–water partition coefficient (Wildman–Crippen LogP) is 2.17. The van der Waals surface area contributed by atoms with E-state index in [2.05, 4.69) is 20.2 Å². The summed E-state index contributed by atoms with van der Waals surface area (Å²) in [5.74, 6) is 1.22. The van der Waals surface area contributed by atoms with Gasteiger partial charge >= 0.3 is 0 Å². The Morgan fingerprint density at radius 1 is 1.10 bits per heavy atom. The number of aryl methyl sites for hydroxylation is 1. The summed E-state index contributed by atoms with van der Waals surface area (Å²) in [5.41, 5.74) is 1.51. The van der Waals surface area contributed by atoms with Crippen LogP contribution in [0.5, 0.6) is 0 Å². The molecule has 3 heterocycles. The van der Waals surface area contributed by atoms with Crippen LogP contribution < -0.4 is 0 Å². The highest BCUT2D eigenvalue weighted by Crippen LogP contribution is 2.26. The molecule has 8 nitrogen and oxygen atoms in total. The SMILES string of the molecule is Cc1nc([C@@H]2CCN(C(=O)c3cccnc3)CCN2C(=O)Cc2ccccc2)n[nH]1. The maximum atomic E-state index is 13.2. The van der Waals surface area contributed by atoms with Crippen molar-refractivity contribution < 1.29 is 9.59 Å². The number of nitrogens with zero attached hydrogens (tertiary/aromatic N) is 5. The first-order valence-electron chi connectivity index (χ1n) is 10.0. The molecule has 154 valence electrons. The number of carbonyl (C=O) groups excluding carboxylic acids is 2. The van der Waals surface area contributed by atoms with Crippen LogP contribution in [0, 0.1) is 6.92 Å². The third-order valence-corrected chi connectivity index (χ3v) is 5.29. The van der Waals surface area contributed by atoms with E-state index in [9.17, 15) is 9.59 Å². The molecular formula is C22H24N6O2. The number of benzene rings is 1. The average molecular weight is 404 g/mol. The van der Waals surface area contributed by atoms with Gasteiger partial charge in [-0.3, -0.25) is 19.7 Å². The lowest BCUT2D eigenvalue weighted by Gasteiger charge is -2.27. The van der Waals surface area contributed by atoms with Crippen LogP contribution in [0.15, 0.2) is 54.9 Å². The number of pyridine rings is 1. The fourth-order valence-corrected chi connectivity index (χ4v) is 3.75. The van der Waals surface area contributed by atoms with Crippen LogP contribution >= 0.6 is 0 Å². The smallest absolute Gasteiger partial charge is 0.255 e. The topological polar surface area (TPSA) is 95.1 Å². The summed E-state index contributed by atoms with van der Waals surface area (Å²) in [7, 11) is 0. The average Bonchev–Trinajstić information content (AvgIpc) is 3.08. The first-order chi connectivity index (χ1) is 14.6. The van der Waals surface area contributed by atoms with Gasteiger partial charge in [-0.1, -0.05) is 30.3 Å². The van der Waals surface area contributed by atoms with Crippen molar-refractivity contribution in [2.24, 2.45) is 0 Å². The van der Waals surface area contributed by atoms with Gasteiger partial charge in [0, 0.05) is 32.0 Å². The van der Waals surface area contributed by atoms with E-state index in [0.29, 0.717) is 49.7 Å². The van der Waals surface area contributed by atoms with Gasteiger partial charge in [-0.05, 0) is 31.0 Å². The minimum Gasteiger partial charge on any atom is -0.337 e. The first-order valence-corrected chi connectivity index (χ1v) is 10.0. The van der Waals surface area contributed by atoms with E-state index in [1.807, 2.05) is 42.2 Å². The number of rotatable bonds is 4. The Bertz CT molecular complexity index is 1000. The Kier molecular flexibility index (Phi) is 5.83. The van der Waals surface area contributed by atoms with E-state index in [4.69, 9.17) is 0 Å². The fourth-order valence-electron chi connectivity index (χ4n) is 3.75. The molecule has 8 heteroatoms. The Morgan fingerprint density at radius 3 is 2.63 bits per heavy atom. The molecule has 2 amide bonds. The number of carbonyl (C=O) groups is 2. The van der Waals surface area contributed by atoms with Crippen molar-refractivity contribution in [3.8, 4) is 0 Å². The molecule has 1 aliphatic heterocycles. The van der Waals surface area contributed by atoms with Gasteiger partial charge in [-0.15, -0.1) is 0 Å². The standard InChI is InChI=1S/C22H24N6O2/c1-16-24-21(26-25-16)19-9-11-27(22(30)18-8-5-10-23-15-18)12-13-28(19)20(29)14-17-6-3-2-4-7-17/h2-8,10,15,19H,9,11-14H2,1H3,(H,24,25,26)/t19-/m0/s1. The molecule has 0 spiro atoms. The molecule has 1 aliphatic rings. The Hall–Kier alpha value is -3.55. The number of hydrogen-bond acceptors (Lipinski definition) is 5. The molecule has 0 saturated carbocycles. The van der Waals surface area contributed by atoms with Crippen LogP contribution in [0.2, 0.25) is 0 Å². The zero-order valence-electron chi connectivity index (χ0n) is 16.9. The molecule has 0 aliphatic carbocycles. The predicted molar refractivity (Wildman–Crippen MR) is 110 cm³/mol. The van der Waals surface area contributed by atoms with Crippen molar-refractivity contribution in [2.75, 3.05) is 19.6 Å². The highest BCUT2D eigenvalue weighted by molar-refractivity contribution is 5.94. The molecule has 1 atom stereocenters. The molecule has 0 radical (unpaired) electrons. The number of H-pyrrole nitrogens is 1. The molecule has 3 aromatic rings. The van der Waals surface area contributed by atoms with Gasteiger partial charge in [0.05, 0.1) is 18.0 Å². The number of amides is 2. The van der Waals surface area contributed by atoms with Crippen molar-refractivity contribution in [1.82, 2.24) is 30.0 Å². The maximum absolute atomic E-state index is 13.2. The summed E-state index contributed by atoms with van der Waals surface area (Å²) in [6, 6.07) is 12.9. The van der Waals surface area contributed by atoms with Crippen LogP contribution in [0.1, 0.15) is 40.0 Å². The van der Waals surface area contributed by atoms with Gasteiger partial charge in [-0.25, -0.2) is 4.98 Å². The molecular weight excluding hydrogens is 380 g/mol. The number of aromatic amines is 1.